The van der Waals surface area contributed by atoms with E-state index in [1.807, 2.05) is 25.1 Å². The molecule has 1 unspecified atom stereocenters. The van der Waals surface area contributed by atoms with Crippen molar-refractivity contribution in [1.29, 1.82) is 0 Å². The molecule has 3 nitrogen and oxygen atoms in total. The maximum atomic E-state index is 11.0. The van der Waals surface area contributed by atoms with Crippen LogP contribution in [-0.4, -0.2) is 12.6 Å². The van der Waals surface area contributed by atoms with Gasteiger partial charge in [-0.2, -0.15) is 0 Å². The largest absolute Gasteiger partial charge is 0.436 e. The van der Waals surface area contributed by atoms with Crippen LogP contribution in [0.1, 0.15) is 12.5 Å². The van der Waals surface area contributed by atoms with Gasteiger partial charge in [0, 0.05) is 10.6 Å². The number of benzene rings is 1. The highest BCUT2D eigenvalue weighted by molar-refractivity contribution is 6.31. The maximum Gasteiger partial charge on any atom is 0.408 e. The fourth-order valence-electron chi connectivity index (χ4n) is 1.56. The van der Waals surface area contributed by atoms with E-state index in [-0.39, 0.29) is 0 Å². The van der Waals surface area contributed by atoms with Gasteiger partial charge in [0.25, 0.3) is 0 Å². The number of amides is 1. The van der Waals surface area contributed by atoms with Crippen LogP contribution in [0, 0.1) is 0 Å². The Morgan fingerprint density at radius 3 is 2.79 bits per heavy atom. The normalized spacial score (nSPS) is 25.7. The van der Waals surface area contributed by atoms with Crippen LogP contribution in [0.25, 0.3) is 0 Å². The van der Waals surface area contributed by atoms with Crippen molar-refractivity contribution in [3.63, 3.8) is 0 Å². The van der Waals surface area contributed by atoms with Crippen LogP contribution < -0.4 is 5.32 Å². The highest BCUT2D eigenvalue weighted by Gasteiger charge is 2.38. The van der Waals surface area contributed by atoms with Crippen LogP contribution in [0.2, 0.25) is 5.02 Å². The van der Waals surface area contributed by atoms with Crippen molar-refractivity contribution in [1.82, 2.24) is 5.32 Å². The minimum atomic E-state index is -0.643. The third-order valence-corrected chi connectivity index (χ3v) is 2.66. The van der Waals surface area contributed by atoms with E-state index in [2.05, 4.69) is 5.32 Å². The summed E-state index contributed by atoms with van der Waals surface area (Å²) in [6, 6.07) is 7.37. The lowest BCUT2D eigenvalue weighted by Crippen LogP contribution is -2.26. The molecule has 1 aromatic carbocycles. The fraction of sp³-hybridized carbons (Fsp3) is 0.300. The Kier molecular flexibility index (Phi) is 2.11. The zero-order chi connectivity index (χ0) is 10.2. The van der Waals surface area contributed by atoms with E-state index >= 15 is 0 Å². The van der Waals surface area contributed by atoms with Crippen molar-refractivity contribution in [2.45, 2.75) is 12.5 Å². The Balaban J connectivity index is 2.40. The van der Waals surface area contributed by atoms with E-state index in [9.17, 15) is 4.79 Å². The molecule has 0 bridgehead atoms. The van der Waals surface area contributed by atoms with Crippen molar-refractivity contribution in [2.75, 3.05) is 6.54 Å². The van der Waals surface area contributed by atoms with E-state index in [1.165, 1.54) is 0 Å². The summed E-state index contributed by atoms with van der Waals surface area (Å²) in [5.41, 5.74) is 0.190. The molecule has 1 atom stereocenters. The SMILES string of the molecule is CC1(c2ccccc2Cl)CNC(=O)O1. The van der Waals surface area contributed by atoms with Crippen molar-refractivity contribution in [2.24, 2.45) is 0 Å². The summed E-state index contributed by atoms with van der Waals surface area (Å²) in [4.78, 5) is 11.0. The molecule has 1 aliphatic rings. The maximum absolute atomic E-state index is 11.0. The first-order valence-corrected chi connectivity index (χ1v) is 4.71. The summed E-state index contributed by atoms with van der Waals surface area (Å²) in [7, 11) is 0. The van der Waals surface area contributed by atoms with Crippen molar-refractivity contribution in [3.8, 4) is 0 Å². The number of hydrogen-bond donors (Lipinski definition) is 1. The third-order valence-electron chi connectivity index (χ3n) is 2.33. The number of nitrogens with one attached hydrogen (secondary N) is 1. The second-order valence-electron chi connectivity index (χ2n) is 3.45. The zero-order valence-corrected chi connectivity index (χ0v) is 8.47. The van der Waals surface area contributed by atoms with Crippen LogP contribution in [0.3, 0.4) is 0 Å². The molecular weight excluding hydrogens is 202 g/mol. The van der Waals surface area contributed by atoms with Crippen LogP contribution in [-0.2, 0) is 10.3 Å². The molecule has 0 saturated carbocycles. The lowest BCUT2D eigenvalue weighted by atomic mass is 9.96. The van der Waals surface area contributed by atoms with E-state index < -0.39 is 11.7 Å². The highest BCUT2D eigenvalue weighted by atomic mass is 35.5. The Bertz CT molecular complexity index is 380. The van der Waals surface area contributed by atoms with Gasteiger partial charge in [0.2, 0.25) is 0 Å². The van der Waals surface area contributed by atoms with Gasteiger partial charge >= 0.3 is 6.09 Å². The molecule has 1 N–H and O–H groups in total. The van der Waals surface area contributed by atoms with Gasteiger partial charge in [-0.3, -0.25) is 0 Å². The second kappa shape index (κ2) is 3.17. The van der Waals surface area contributed by atoms with Crippen LogP contribution in [0.5, 0.6) is 0 Å². The molecule has 4 heteroatoms. The monoisotopic (exact) mass is 211 g/mol. The summed E-state index contributed by atoms with van der Waals surface area (Å²) in [5, 5.41) is 3.23. The number of hydrogen-bond acceptors (Lipinski definition) is 2. The van der Waals surface area contributed by atoms with Gasteiger partial charge in [-0.1, -0.05) is 29.8 Å². The molecule has 1 heterocycles. The number of rotatable bonds is 1. The summed E-state index contributed by atoms with van der Waals surface area (Å²) in [5.74, 6) is 0. The molecule has 1 saturated heterocycles. The predicted octanol–water partition coefficient (Wildman–Crippen LogP) is 2.29. The van der Waals surface area contributed by atoms with Crippen LogP contribution in [0.15, 0.2) is 24.3 Å². The Labute approximate surface area is 87.0 Å². The molecule has 0 aromatic heterocycles. The molecule has 74 valence electrons. The molecule has 1 fully saturated rings. The quantitative estimate of drug-likeness (QED) is 0.774. The minimum absolute atomic E-state index is 0.396. The first-order valence-electron chi connectivity index (χ1n) is 4.34. The van der Waals surface area contributed by atoms with Gasteiger partial charge in [0.1, 0.15) is 0 Å². The fourth-order valence-corrected chi connectivity index (χ4v) is 1.89. The third kappa shape index (κ3) is 1.44. The Hall–Kier alpha value is -1.22. The first-order chi connectivity index (χ1) is 6.62. The van der Waals surface area contributed by atoms with E-state index in [0.717, 1.165) is 5.56 Å². The number of carbonyl (C=O) groups excluding carboxylic acids is 1. The second-order valence-corrected chi connectivity index (χ2v) is 3.86. The van der Waals surface area contributed by atoms with Crippen LogP contribution in [0.4, 0.5) is 4.79 Å². The number of ether oxygens (including phenoxy) is 1. The standard InChI is InChI=1S/C10H10ClNO2/c1-10(6-12-9(13)14-10)7-4-2-3-5-8(7)11/h2-5H,6H2,1H3,(H,12,13). The topological polar surface area (TPSA) is 38.3 Å². The molecule has 14 heavy (non-hydrogen) atoms. The van der Waals surface area contributed by atoms with Gasteiger partial charge in [-0.05, 0) is 13.0 Å². The predicted molar refractivity (Wildman–Crippen MR) is 53.3 cm³/mol. The summed E-state index contributed by atoms with van der Waals surface area (Å²) in [6.07, 6.45) is -0.396. The average Bonchev–Trinajstić information content (AvgIpc) is 2.48. The summed E-state index contributed by atoms with van der Waals surface area (Å²) >= 11 is 6.02. The zero-order valence-electron chi connectivity index (χ0n) is 7.71. The molecule has 0 spiro atoms. The van der Waals surface area contributed by atoms with Crippen molar-refractivity contribution >= 4 is 17.7 Å². The number of halogens is 1. The lowest BCUT2D eigenvalue weighted by molar-refractivity contribution is 0.0705. The smallest absolute Gasteiger partial charge is 0.408 e. The molecule has 1 amide bonds. The van der Waals surface area contributed by atoms with Crippen molar-refractivity contribution in [3.05, 3.63) is 34.9 Å². The van der Waals surface area contributed by atoms with Gasteiger partial charge in [0.15, 0.2) is 5.60 Å². The number of alkyl carbamates (subject to hydrolysis) is 1. The van der Waals surface area contributed by atoms with Gasteiger partial charge in [0.05, 0.1) is 6.54 Å². The molecule has 1 aliphatic heterocycles. The van der Waals surface area contributed by atoms with Crippen molar-refractivity contribution < 1.29 is 9.53 Å². The minimum Gasteiger partial charge on any atom is -0.436 e. The highest BCUT2D eigenvalue weighted by Crippen LogP contribution is 2.33. The lowest BCUT2D eigenvalue weighted by Gasteiger charge is -2.22. The Morgan fingerprint density at radius 2 is 2.21 bits per heavy atom. The molecule has 0 aliphatic carbocycles. The van der Waals surface area contributed by atoms with Gasteiger partial charge in [-0.15, -0.1) is 0 Å². The van der Waals surface area contributed by atoms with E-state index in [4.69, 9.17) is 16.3 Å². The Morgan fingerprint density at radius 1 is 1.50 bits per heavy atom. The van der Waals surface area contributed by atoms with E-state index in [0.29, 0.717) is 11.6 Å². The van der Waals surface area contributed by atoms with Gasteiger partial charge < -0.3 is 10.1 Å². The summed E-state index contributed by atoms with van der Waals surface area (Å²) in [6.45, 7) is 2.29. The van der Waals surface area contributed by atoms with Crippen LogP contribution >= 0.6 is 11.6 Å². The van der Waals surface area contributed by atoms with Gasteiger partial charge in [-0.25, -0.2) is 4.79 Å². The number of cyclic esters (lactones) is 1. The molecular formula is C10H10ClNO2. The molecule has 1 aromatic rings. The first kappa shape index (κ1) is 9.34. The molecule has 2 rings (SSSR count). The number of carbonyl (C=O) groups is 1. The summed E-state index contributed by atoms with van der Waals surface area (Å²) < 4.78 is 5.18. The molecule has 0 radical (unpaired) electrons. The van der Waals surface area contributed by atoms with E-state index in [1.54, 1.807) is 6.07 Å². The average molecular weight is 212 g/mol.